The first-order valence-corrected chi connectivity index (χ1v) is 7.36. The van der Waals surface area contributed by atoms with Crippen LogP contribution in [0.5, 0.6) is 0 Å². The zero-order valence-corrected chi connectivity index (χ0v) is 9.28. The van der Waals surface area contributed by atoms with Gasteiger partial charge in [-0.15, -0.1) is 0 Å². The number of hydrogen-bond donors (Lipinski definition) is 0. The van der Waals surface area contributed by atoms with Crippen LogP contribution in [-0.4, -0.2) is 26.9 Å². The predicted molar refractivity (Wildman–Crippen MR) is 58.7 cm³/mol. The molecule has 0 radical (unpaired) electrons. The van der Waals surface area contributed by atoms with E-state index >= 15 is 0 Å². The Morgan fingerprint density at radius 3 is 1.92 bits per heavy atom. The first kappa shape index (κ1) is 14.9. The van der Waals surface area contributed by atoms with Gasteiger partial charge in [-0.1, -0.05) is 0 Å². The summed E-state index contributed by atoms with van der Waals surface area (Å²) in [4.78, 5) is 0. The molecule has 1 rings (SSSR count). The molecule has 1 aromatic carbocycles. The van der Waals surface area contributed by atoms with Crippen molar-refractivity contribution in [3.63, 3.8) is 0 Å². The number of benzene rings is 1. The van der Waals surface area contributed by atoms with Crippen molar-refractivity contribution in [1.82, 2.24) is 0 Å². The molecule has 0 aromatic heterocycles. The minimum atomic E-state index is -1.14. The quantitative estimate of drug-likeness (QED) is 0.617. The molecule has 0 spiro atoms. The van der Waals surface area contributed by atoms with Crippen molar-refractivity contribution in [2.75, 3.05) is 0 Å². The molecular weight excluding hydrogens is 179 g/mol. The third-order valence-corrected chi connectivity index (χ3v) is 3.80. The fraction of sp³-hybridized carbons (Fsp3) is 0.333. The Kier molecular flexibility index (Phi) is 5.99. The maximum atomic E-state index is 5.68. The minimum Gasteiger partial charge on any atom is -0.870 e. The van der Waals surface area contributed by atoms with Crippen molar-refractivity contribution in [1.29, 1.82) is 0 Å². The van der Waals surface area contributed by atoms with Crippen LogP contribution in [0.2, 0.25) is 19.6 Å². The van der Waals surface area contributed by atoms with Gasteiger partial charge in [-0.05, 0) is 0 Å². The molecule has 1 aromatic rings. The molecule has 2 N–H and O–H groups in total. The van der Waals surface area contributed by atoms with Gasteiger partial charge in [0.15, 0.2) is 0 Å². The average molecular weight is 194 g/mol. The van der Waals surface area contributed by atoms with Gasteiger partial charge in [0.1, 0.15) is 0 Å². The van der Waals surface area contributed by atoms with Crippen molar-refractivity contribution in [2.24, 2.45) is 0 Å². The summed E-state index contributed by atoms with van der Waals surface area (Å²) in [5.41, 5.74) is 0.880. The Hall–Kier alpha value is -0.578. The Morgan fingerprint density at radius 1 is 1.08 bits per heavy atom. The summed E-state index contributed by atoms with van der Waals surface area (Å²) in [6, 6.07) is 8.22. The van der Waals surface area contributed by atoms with Crippen molar-refractivity contribution in [2.45, 2.75) is 19.6 Å². The summed E-state index contributed by atoms with van der Waals surface area (Å²) in [5.74, 6) is 0. The molecule has 0 atom stereocenters. The molecule has 4 heteroatoms. The summed E-state index contributed by atoms with van der Waals surface area (Å²) in [6.45, 7) is 6.96. The fourth-order valence-electron chi connectivity index (χ4n) is 1.01. The fourth-order valence-corrected chi connectivity index (χ4v) is 2.20. The second-order valence-electron chi connectivity index (χ2n) is 3.88. The Labute approximate surface area is 82.0 Å². The van der Waals surface area contributed by atoms with Gasteiger partial charge in [-0.25, -0.2) is 0 Å². The van der Waals surface area contributed by atoms with Crippen LogP contribution in [-0.2, 0) is 0 Å². The van der Waals surface area contributed by atoms with Gasteiger partial charge in [0.05, 0.1) is 0 Å². The van der Waals surface area contributed by atoms with E-state index in [1.54, 1.807) is 0 Å². The molecule has 0 aliphatic heterocycles. The third kappa shape index (κ3) is 4.26. The molecule has 0 fully saturated rings. The number of rotatable bonds is 1. The van der Waals surface area contributed by atoms with Gasteiger partial charge in [0.25, 0.3) is 0 Å². The molecule has 0 bridgehead atoms. The second kappa shape index (κ2) is 5.22. The molecule has 0 saturated heterocycles. The first-order chi connectivity index (χ1) is 5.00. The second-order valence-corrected chi connectivity index (χ2v) is 8.95. The molecule has 13 heavy (non-hydrogen) atoms. The van der Waals surface area contributed by atoms with Gasteiger partial charge in [-0.2, -0.15) is 0 Å². The van der Waals surface area contributed by atoms with Crippen molar-refractivity contribution >= 4 is 26.6 Å². The zero-order chi connectivity index (χ0) is 8.48. The maximum absolute atomic E-state index is 5.68. The monoisotopic (exact) mass is 194 g/mol. The summed E-state index contributed by atoms with van der Waals surface area (Å²) < 4.78 is 0. The molecular formula is C9H15BO2Si. The molecule has 0 amide bonds. The first-order valence-electron chi connectivity index (χ1n) is 3.86. The summed E-state index contributed by atoms with van der Waals surface area (Å²) in [7, 11) is 4.53. The third-order valence-electron chi connectivity index (χ3n) is 1.75. The molecule has 70 valence electrons. The Morgan fingerprint density at radius 2 is 1.62 bits per heavy atom. The van der Waals surface area contributed by atoms with Gasteiger partial charge in [0, 0.05) is 0 Å². The van der Waals surface area contributed by atoms with Crippen molar-refractivity contribution < 1.29 is 11.0 Å². The van der Waals surface area contributed by atoms with E-state index in [0.717, 1.165) is 5.46 Å². The van der Waals surface area contributed by atoms with Crippen LogP contribution in [0.25, 0.3) is 0 Å². The molecule has 0 aliphatic rings. The van der Waals surface area contributed by atoms with Crippen LogP contribution in [0.4, 0.5) is 0 Å². The van der Waals surface area contributed by atoms with Crippen LogP contribution in [0.1, 0.15) is 0 Å². The van der Waals surface area contributed by atoms with E-state index in [0.29, 0.717) is 0 Å². The Balaban J connectivity index is 0. The molecule has 0 saturated carbocycles. The van der Waals surface area contributed by atoms with E-state index < -0.39 is 8.07 Å². The minimum absolute atomic E-state index is 0. The van der Waals surface area contributed by atoms with E-state index in [2.05, 4.69) is 31.8 Å². The van der Waals surface area contributed by atoms with Crippen LogP contribution >= 0.6 is 0 Å². The molecule has 0 unspecified atom stereocenters. The van der Waals surface area contributed by atoms with Crippen molar-refractivity contribution in [3.05, 3.63) is 24.3 Å². The molecule has 0 heterocycles. The smallest absolute Gasteiger partial charge is 0.870 e. The zero-order valence-electron chi connectivity index (χ0n) is 8.28. The standard InChI is InChI=1S/C9H13BSi.2H2O/c1-11(2,3)9-6-4-5-8(10)7-9;;/h4-7H,1-3H3;2*1H2/q+2;;/p-2. The topological polar surface area (TPSA) is 60.0 Å². The maximum Gasteiger partial charge on any atom is -0.870 e. The van der Waals surface area contributed by atoms with Gasteiger partial charge in [0.2, 0.25) is 0 Å². The van der Waals surface area contributed by atoms with Crippen LogP contribution in [0.3, 0.4) is 0 Å². The number of hydrogen-bond acceptors (Lipinski definition) is 2. The van der Waals surface area contributed by atoms with E-state index in [1.807, 2.05) is 12.1 Å². The SMILES string of the molecule is [B+2]c1cccc([Si](C)(C)C)c1.[OH-].[OH-]. The molecule has 2 nitrogen and oxygen atoms in total. The van der Waals surface area contributed by atoms with Crippen LogP contribution in [0, 0.1) is 0 Å². The summed E-state index contributed by atoms with van der Waals surface area (Å²) in [6.07, 6.45) is 0. The normalized spacial score (nSPS) is 9.92. The van der Waals surface area contributed by atoms with Crippen molar-refractivity contribution in [3.8, 4) is 0 Å². The summed E-state index contributed by atoms with van der Waals surface area (Å²) >= 11 is 0. The van der Waals surface area contributed by atoms with Gasteiger partial charge < -0.3 is 11.0 Å². The summed E-state index contributed by atoms with van der Waals surface area (Å²) in [5, 5.41) is 1.43. The predicted octanol–water partition coefficient (Wildman–Crippen LogP) is 0.672. The Bertz CT molecular complexity index is 258. The van der Waals surface area contributed by atoms with Crippen LogP contribution < -0.4 is 10.6 Å². The van der Waals surface area contributed by atoms with E-state index in [1.165, 1.54) is 5.19 Å². The average Bonchev–Trinajstić information content (AvgIpc) is 1.86. The van der Waals surface area contributed by atoms with E-state index in [9.17, 15) is 0 Å². The molecule has 0 aliphatic carbocycles. The van der Waals surface area contributed by atoms with Gasteiger partial charge in [-0.3, -0.25) is 0 Å². The van der Waals surface area contributed by atoms with Gasteiger partial charge >= 0.3 is 70.5 Å². The largest absolute Gasteiger partial charge is 0.870 e. The van der Waals surface area contributed by atoms with Crippen LogP contribution in [0.15, 0.2) is 24.3 Å². The van der Waals surface area contributed by atoms with E-state index in [4.69, 9.17) is 7.85 Å². The van der Waals surface area contributed by atoms with E-state index in [-0.39, 0.29) is 11.0 Å².